The molecule has 1 unspecified atom stereocenters. The number of hydrogen-bond donors (Lipinski definition) is 1. The van der Waals surface area contributed by atoms with Gasteiger partial charge in [0.05, 0.1) is 18.8 Å². The van der Waals surface area contributed by atoms with E-state index in [4.69, 9.17) is 15.2 Å². The molecule has 0 bridgehead atoms. The molecule has 110 valence electrons. The van der Waals surface area contributed by atoms with Crippen LogP contribution in [0.3, 0.4) is 0 Å². The number of nitrogen functional groups attached to an aromatic ring is 1. The Kier molecular flexibility index (Phi) is 4.13. The summed E-state index contributed by atoms with van der Waals surface area (Å²) in [7, 11) is 0. The van der Waals surface area contributed by atoms with E-state index in [0.29, 0.717) is 25.5 Å². The second-order valence-electron chi connectivity index (χ2n) is 5.77. The molecule has 0 aliphatic carbocycles. The molecule has 0 aromatic carbocycles. The molecular formula is C14H21N3O3. The predicted octanol–water partition coefficient (Wildman–Crippen LogP) is 1.97. The van der Waals surface area contributed by atoms with E-state index in [0.717, 1.165) is 5.69 Å². The van der Waals surface area contributed by atoms with Crippen molar-refractivity contribution in [2.75, 3.05) is 25.4 Å². The number of morpholine rings is 1. The van der Waals surface area contributed by atoms with Crippen LogP contribution in [0.1, 0.15) is 32.6 Å². The number of ether oxygens (including phenoxy) is 2. The van der Waals surface area contributed by atoms with Crippen molar-refractivity contribution in [2.24, 2.45) is 0 Å². The molecule has 0 radical (unpaired) electrons. The molecule has 0 saturated carbocycles. The van der Waals surface area contributed by atoms with Crippen molar-refractivity contribution in [3.63, 3.8) is 0 Å². The van der Waals surface area contributed by atoms with Crippen LogP contribution in [-0.2, 0) is 9.47 Å². The number of anilines is 1. The molecule has 1 aliphatic rings. The molecule has 1 fully saturated rings. The van der Waals surface area contributed by atoms with Gasteiger partial charge in [0.1, 0.15) is 17.5 Å². The van der Waals surface area contributed by atoms with Crippen molar-refractivity contribution in [1.29, 1.82) is 0 Å². The van der Waals surface area contributed by atoms with Crippen LogP contribution < -0.4 is 5.73 Å². The first-order valence-corrected chi connectivity index (χ1v) is 6.67. The Labute approximate surface area is 118 Å². The standard InChI is InChI=1S/C14H21N3O3/c1-14(2,3)20-13(18)17-7-8-19-11(9-17)10-5-4-6-12(15)16-10/h4-6,11H,7-9H2,1-3H3,(H2,15,16). The van der Waals surface area contributed by atoms with Gasteiger partial charge >= 0.3 is 6.09 Å². The van der Waals surface area contributed by atoms with Gasteiger partial charge in [0.15, 0.2) is 0 Å². The number of nitrogens with zero attached hydrogens (tertiary/aromatic N) is 2. The first-order valence-electron chi connectivity index (χ1n) is 6.67. The summed E-state index contributed by atoms with van der Waals surface area (Å²) >= 11 is 0. The van der Waals surface area contributed by atoms with Gasteiger partial charge in [-0.3, -0.25) is 0 Å². The van der Waals surface area contributed by atoms with E-state index in [1.807, 2.05) is 32.9 Å². The minimum atomic E-state index is -0.500. The predicted molar refractivity (Wildman–Crippen MR) is 75.1 cm³/mol. The van der Waals surface area contributed by atoms with Gasteiger partial charge in [-0.1, -0.05) is 6.07 Å². The van der Waals surface area contributed by atoms with Gasteiger partial charge in [-0.05, 0) is 32.9 Å². The molecule has 2 heterocycles. The van der Waals surface area contributed by atoms with Gasteiger partial charge in [0.2, 0.25) is 0 Å². The van der Waals surface area contributed by atoms with E-state index in [1.165, 1.54) is 0 Å². The van der Waals surface area contributed by atoms with E-state index in [-0.39, 0.29) is 12.2 Å². The maximum absolute atomic E-state index is 12.1. The highest BCUT2D eigenvalue weighted by molar-refractivity contribution is 5.68. The average molecular weight is 279 g/mol. The van der Waals surface area contributed by atoms with Crippen LogP contribution in [0.2, 0.25) is 0 Å². The highest BCUT2D eigenvalue weighted by atomic mass is 16.6. The number of amides is 1. The topological polar surface area (TPSA) is 77.7 Å². The molecule has 1 aliphatic heterocycles. The molecule has 2 rings (SSSR count). The van der Waals surface area contributed by atoms with Crippen molar-refractivity contribution in [2.45, 2.75) is 32.5 Å². The van der Waals surface area contributed by atoms with E-state index in [1.54, 1.807) is 11.0 Å². The number of aromatic nitrogens is 1. The summed E-state index contributed by atoms with van der Waals surface area (Å²) < 4.78 is 11.0. The Morgan fingerprint density at radius 2 is 2.25 bits per heavy atom. The number of carbonyl (C=O) groups is 1. The van der Waals surface area contributed by atoms with Gasteiger partial charge in [0, 0.05) is 6.54 Å². The molecule has 20 heavy (non-hydrogen) atoms. The molecule has 1 aromatic rings. The van der Waals surface area contributed by atoms with Gasteiger partial charge in [-0.2, -0.15) is 0 Å². The van der Waals surface area contributed by atoms with Gasteiger partial charge < -0.3 is 20.1 Å². The third-order valence-electron chi connectivity index (χ3n) is 2.84. The van der Waals surface area contributed by atoms with Crippen LogP contribution in [0.5, 0.6) is 0 Å². The zero-order chi connectivity index (χ0) is 14.8. The lowest BCUT2D eigenvalue weighted by Crippen LogP contribution is -2.44. The lowest BCUT2D eigenvalue weighted by Gasteiger charge is -2.34. The molecule has 0 spiro atoms. The zero-order valence-electron chi connectivity index (χ0n) is 12.1. The summed E-state index contributed by atoms with van der Waals surface area (Å²) in [5, 5.41) is 0. The van der Waals surface area contributed by atoms with Crippen LogP contribution in [-0.4, -0.2) is 41.3 Å². The number of rotatable bonds is 1. The van der Waals surface area contributed by atoms with Crippen molar-refractivity contribution < 1.29 is 14.3 Å². The molecule has 6 heteroatoms. The third kappa shape index (κ3) is 3.84. The lowest BCUT2D eigenvalue weighted by molar-refractivity contribution is -0.0446. The number of carbonyl (C=O) groups excluding carboxylic acids is 1. The Morgan fingerprint density at radius 1 is 1.50 bits per heavy atom. The molecule has 1 atom stereocenters. The normalized spacial score (nSPS) is 19.8. The number of hydrogen-bond acceptors (Lipinski definition) is 5. The quantitative estimate of drug-likeness (QED) is 0.850. The maximum atomic E-state index is 12.1. The fourth-order valence-electron chi connectivity index (χ4n) is 1.97. The van der Waals surface area contributed by atoms with Crippen LogP contribution in [0, 0.1) is 0 Å². The van der Waals surface area contributed by atoms with Crippen LogP contribution in [0.15, 0.2) is 18.2 Å². The van der Waals surface area contributed by atoms with Gasteiger partial charge in [-0.15, -0.1) is 0 Å². The number of pyridine rings is 1. The Balaban J connectivity index is 2.03. The Morgan fingerprint density at radius 3 is 2.90 bits per heavy atom. The second kappa shape index (κ2) is 5.66. The van der Waals surface area contributed by atoms with E-state index in [2.05, 4.69) is 4.98 Å². The van der Waals surface area contributed by atoms with Gasteiger partial charge in [-0.25, -0.2) is 9.78 Å². The highest BCUT2D eigenvalue weighted by Gasteiger charge is 2.29. The first-order chi connectivity index (χ1) is 9.35. The van der Waals surface area contributed by atoms with Crippen molar-refractivity contribution in [3.05, 3.63) is 23.9 Å². The van der Waals surface area contributed by atoms with Crippen LogP contribution in [0.25, 0.3) is 0 Å². The van der Waals surface area contributed by atoms with E-state index < -0.39 is 5.60 Å². The summed E-state index contributed by atoms with van der Waals surface area (Å²) in [4.78, 5) is 17.9. The monoisotopic (exact) mass is 279 g/mol. The molecule has 1 saturated heterocycles. The van der Waals surface area contributed by atoms with Crippen LogP contribution >= 0.6 is 0 Å². The summed E-state index contributed by atoms with van der Waals surface area (Å²) in [6.45, 7) is 6.95. The average Bonchev–Trinajstić information content (AvgIpc) is 2.37. The minimum Gasteiger partial charge on any atom is -0.444 e. The highest BCUT2D eigenvalue weighted by Crippen LogP contribution is 2.22. The summed E-state index contributed by atoms with van der Waals surface area (Å²) in [6.07, 6.45) is -0.588. The fourth-order valence-corrected chi connectivity index (χ4v) is 1.97. The fraction of sp³-hybridized carbons (Fsp3) is 0.571. The summed E-state index contributed by atoms with van der Waals surface area (Å²) in [5.41, 5.74) is 5.91. The smallest absolute Gasteiger partial charge is 0.410 e. The molecule has 2 N–H and O–H groups in total. The first kappa shape index (κ1) is 14.6. The molecule has 1 aromatic heterocycles. The zero-order valence-corrected chi connectivity index (χ0v) is 12.1. The minimum absolute atomic E-state index is 0.264. The van der Waals surface area contributed by atoms with E-state index in [9.17, 15) is 4.79 Å². The second-order valence-corrected chi connectivity index (χ2v) is 5.77. The Bertz CT molecular complexity index is 485. The molecule has 1 amide bonds. The third-order valence-corrected chi connectivity index (χ3v) is 2.84. The van der Waals surface area contributed by atoms with Crippen molar-refractivity contribution >= 4 is 11.9 Å². The van der Waals surface area contributed by atoms with Gasteiger partial charge in [0.25, 0.3) is 0 Å². The SMILES string of the molecule is CC(C)(C)OC(=O)N1CCOC(c2cccc(N)n2)C1. The maximum Gasteiger partial charge on any atom is 0.410 e. The summed E-state index contributed by atoms with van der Waals surface area (Å²) in [6, 6.07) is 5.39. The molecular weight excluding hydrogens is 258 g/mol. The van der Waals surface area contributed by atoms with Crippen molar-refractivity contribution in [1.82, 2.24) is 9.88 Å². The van der Waals surface area contributed by atoms with E-state index >= 15 is 0 Å². The lowest BCUT2D eigenvalue weighted by atomic mass is 10.2. The largest absolute Gasteiger partial charge is 0.444 e. The summed E-state index contributed by atoms with van der Waals surface area (Å²) in [5.74, 6) is 0.445. The van der Waals surface area contributed by atoms with Crippen molar-refractivity contribution in [3.8, 4) is 0 Å². The Hall–Kier alpha value is -1.82. The van der Waals surface area contributed by atoms with Crippen LogP contribution in [0.4, 0.5) is 10.6 Å². The number of nitrogens with two attached hydrogens (primary N) is 1. The molecule has 6 nitrogen and oxygen atoms in total.